The second kappa shape index (κ2) is 10.8. The van der Waals surface area contributed by atoms with Crippen LogP contribution in [0, 0.1) is 0 Å². The number of aryl methyl sites for hydroxylation is 1. The van der Waals surface area contributed by atoms with E-state index in [1.54, 1.807) is 12.1 Å². The molecule has 2 aromatic heterocycles. The lowest BCUT2D eigenvalue weighted by Crippen LogP contribution is -2.38. The highest BCUT2D eigenvalue weighted by Crippen LogP contribution is 2.24. The molecule has 2 N–H and O–H groups in total. The predicted molar refractivity (Wildman–Crippen MR) is 129 cm³/mol. The summed E-state index contributed by atoms with van der Waals surface area (Å²) >= 11 is 0. The summed E-state index contributed by atoms with van der Waals surface area (Å²) in [6.07, 6.45) is 0.739. The topological polar surface area (TPSA) is 114 Å². The van der Waals surface area contributed by atoms with Gasteiger partial charge in [0.15, 0.2) is 11.2 Å². The number of halogens is 1. The van der Waals surface area contributed by atoms with Gasteiger partial charge in [0.25, 0.3) is 5.56 Å². The number of rotatable bonds is 7. The average Bonchev–Trinajstić information content (AvgIpc) is 3.16. The molecule has 0 saturated carbocycles. The lowest BCUT2D eigenvalue weighted by molar-refractivity contribution is -0.114. The van der Waals surface area contributed by atoms with Gasteiger partial charge in [0, 0.05) is 50.9 Å². The van der Waals surface area contributed by atoms with Gasteiger partial charge >= 0.3 is 5.69 Å². The van der Waals surface area contributed by atoms with Crippen molar-refractivity contribution < 1.29 is 9.53 Å². The summed E-state index contributed by atoms with van der Waals surface area (Å²) in [4.78, 5) is 46.1. The summed E-state index contributed by atoms with van der Waals surface area (Å²) in [7, 11) is 0. The van der Waals surface area contributed by atoms with E-state index < -0.39 is 11.2 Å². The normalized spacial score (nSPS) is 14.2. The molecular weight excluding hydrogens is 448 g/mol. The molecule has 4 rings (SSSR count). The van der Waals surface area contributed by atoms with Crippen molar-refractivity contribution in [1.82, 2.24) is 24.0 Å². The van der Waals surface area contributed by atoms with E-state index in [9.17, 15) is 14.4 Å². The summed E-state index contributed by atoms with van der Waals surface area (Å²) in [5, 5.41) is 2.75. The Hall–Kier alpha value is -2.95. The number of aromatic nitrogens is 4. The number of anilines is 1. The van der Waals surface area contributed by atoms with E-state index in [1.807, 2.05) is 23.6 Å². The molecule has 1 aliphatic rings. The summed E-state index contributed by atoms with van der Waals surface area (Å²) in [6.45, 7) is 8.24. The standard InChI is InChI=1S/C22H28N6O4.ClH/c1-3-8-28-20-18(21(30)25-22(28)31)27(10-9-26-11-13-32-14-12-26)19(24-20)16-4-6-17(7-5-16)23-15(2)29;/h4-7H,3,8-14H2,1-2H3,(H,23,29)(H,25,30,31);1H. The first-order valence-corrected chi connectivity index (χ1v) is 10.9. The number of nitrogens with zero attached hydrogens (tertiary/aromatic N) is 4. The average molecular weight is 477 g/mol. The lowest BCUT2D eigenvalue weighted by Gasteiger charge is -2.26. The Morgan fingerprint density at radius 2 is 1.79 bits per heavy atom. The Kier molecular flexibility index (Phi) is 8.06. The molecule has 0 spiro atoms. The number of hydrogen-bond acceptors (Lipinski definition) is 6. The third kappa shape index (κ3) is 5.35. The Balaban J connectivity index is 0.00000306. The second-order valence-electron chi connectivity index (χ2n) is 7.88. The van der Waals surface area contributed by atoms with Crippen LogP contribution in [-0.2, 0) is 22.6 Å². The quantitative estimate of drug-likeness (QED) is 0.536. The number of carbonyl (C=O) groups is 1. The summed E-state index contributed by atoms with van der Waals surface area (Å²) in [5.41, 5.74) is 1.38. The number of amides is 1. The summed E-state index contributed by atoms with van der Waals surface area (Å²) < 4.78 is 8.85. The van der Waals surface area contributed by atoms with Crippen molar-refractivity contribution in [2.45, 2.75) is 33.4 Å². The van der Waals surface area contributed by atoms with Crippen LogP contribution >= 0.6 is 12.4 Å². The SMILES string of the molecule is CCCn1c(=O)[nH]c(=O)c2c1nc(-c1ccc(NC(C)=O)cc1)n2CCN1CCOCC1.Cl. The molecule has 0 bridgehead atoms. The first-order chi connectivity index (χ1) is 15.5. The van der Waals surface area contributed by atoms with Crippen molar-refractivity contribution in [3.63, 3.8) is 0 Å². The smallest absolute Gasteiger partial charge is 0.330 e. The number of H-pyrrole nitrogens is 1. The van der Waals surface area contributed by atoms with Gasteiger partial charge in [-0.25, -0.2) is 9.78 Å². The van der Waals surface area contributed by atoms with Crippen molar-refractivity contribution in [3.05, 3.63) is 45.1 Å². The molecule has 1 saturated heterocycles. The largest absolute Gasteiger partial charge is 0.379 e. The van der Waals surface area contributed by atoms with E-state index in [-0.39, 0.29) is 18.3 Å². The van der Waals surface area contributed by atoms with Crippen molar-refractivity contribution in [2.75, 3.05) is 38.2 Å². The molecular formula is C22H29ClN6O4. The van der Waals surface area contributed by atoms with Gasteiger partial charge in [-0.05, 0) is 30.7 Å². The number of ether oxygens (including phenoxy) is 1. The molecule has 1 aromatic carbocycles. The molecule has 10 nitrogen and oxygen atoms in total. The molecule has 0 aliphatic carbocycles. The van der Waals surface area contributed by atoms with Crippen LogP contribution in [0.5, 0.6) is 0 Å². The van der Waals surface area contributed by atoms with E-state index in [2.05, 4.69) is 15.2 Å². The number of benzene rings is 1. The van der Waals surface area contributed by atoms with Crippen LogP contribution in [0.2, 0.25) is 0 Å². The van der Waals surface area contributed by atoms with Crippen LogP contribution in [0.4, 0.5) is 5.69 Å². The number of fused-ring (bicyclic) bond motifs is 1. The van der Waals surface area contributed by atoms with Crippen LogP contribution in [0.25, 0.3) is 22.6 Å². The zero-order valence-electron chi connectivity index (χ0n) is 18.8. The Labute approximate surface area is 197 Å². The molecule has 0 unspecified atom stereocenters. The lowest BCUT2D eigenvalue weighted by atomic mass is 10.2. The minimum atomic E-state index is -0.449. The zero-order chi connectivity index (χ0) is 22.7. The van der Waals surface area contributed by atoms with Gasteiger partial charge < -0.3 is 14.6 Å². The second-order valence-corrected chi connectivity index (χ2v) is 7.88. The molecule has 1 aliphatic heterocycles. The number of imidazole rings is 1. The van der Waals surface area contributed by atoms with Crippen LogP contribution in [-0.4, -0.2) is 62.8 Å². The summed E-state index contributed by atoms with van der Waals surface area (Å²) in [6, 6.07) is 7.31. The number of carbonyl (C=O) groups excluding carboxylic acids is 1. The number of nitrogens with one attached hydrogen (secondary N) is 2. The van der Waals surface area contributed by atoms with E-state index in [0.29, 0.717) is 49.0 Å². The number of hydrogen-bond donors (Lipinski definition) is 2. The van der Waals surface area contributed by atoms with Crippen molar-refractivity contribution in [3.8, 4) is 11.4 Å². The molecule has 1 fully saturated rings. The van der Waals surface area contributed by atoms with Gasteiger partial charge in [-0.2, -0.15) is 0 Å². The predicted octanol–water partition coefficient (Wildman–Crippen LogP) is 1.68. The van der Waals surface area contributed by atoms with Gasteiger partial charge in [-0.1, -0.05) is 6.92 Å². The Bertz CT molecular complexity index is 1220. The van der Waals surface area contributed by atoms with E-state index >= 15 is 0 Å². The maximum Gasteiger partial charge on any atom is 0.330 e. The minimum Gasteiger partial charge on any atom is -0.379 e. The third-order valence-corrected chi connectivity index (χ3v) is 5.54. The highest BCUT2D eigenvalue weighted by molar-refractivity contribution is 5.89. The zero-order valence-corrected chi connectivity index (χ0v) is 19.6. The summed E-state index contributed by atoms with van der Waals surface area (Å²) in [5.74, 6) is 0.467. The fourth-order valence-corrected chi connectivity index (χ4v) is 4.01. The molecule has 3 heterocycles. The Morgan fingerprint density at radius 1 is 1.09 bits per heavy atom. The highest BCUT2D eigenvalue weighted by atomic mass is 35.5. The number of aromatic amines is 1. The van der Waals surface area contributed by atoms with Crippen molar-refractivity contribution >= 4 is 35.2 Å². The fraction of sp³-hybridized carbons (Fsp3) is 0.455. The van der Waals surface area contributed by atoms with Gasteiger partial charge in [-0.3, -0.25) is 24.0 Å². The van der Waals surface area contributed by atoms with Crippen LogP contribution in [0.1, 0.15) is 20.3 Å². The van der Waals surface area contributed by atoms with Gasteiger partial charge in [0.2, 0.25) is 5.91 Å². The van der Waals surface area contributed by atoms with Crippen molar-refractivity contribution in [2.24, 2.45) is 0 Å². The molecule has 3 aromatic rings. The van der Waals surface area contributed by atoms with Gasteiger partial charge in [0.1, 0.15) is 5.82 Å². The van der Waals surface area contributed by atoms with Crippen LogP contribution < -0.4 is 16.6 Å². The highest BCUT2D eigenvalue weighted by Gasteiger charge is 2.20. The molecule has 0 radical (unpaired) electrons. The first kappa shape index (κ1) is 24.7. The molecule has 11 heteroatoms. The maximum atomic E-state index is 12.8. The Morgan fingerprint density at radius 3 is 2.42 bits per heavy atom. The van der Waals surface area contributed by atoms with Crippen molar-refractivity contribution in [1.29, 1.82) is 0 Å². The van der Waals surface area contributed by atoms with E-state index in [1.165, 1.54) is 11.5 Å². The maximum absolute atomic E-state index is 12.8. The van der Waals surface area contributed by atoms with Crippen LogP contribution in [0.15, 0.2) is 33.9 Å². The molecule has 178 valence electrons. The minimum absolute atomic E-state index is 0. The molecule has 33 heavy (non-hydrogen) atoms. The van der Waals surface area contributed by atoms with E-state index in [4.69, 9.17) is 9.72 Å². The number of morpholine rings is 1. The first-order valence-electron chi connectivity index (χ1n) is 10.9. The van der Waals surface area contributed by atoms with E-state index in [0.717, 1.165) is 31.6 Å². The fourth-order valence-electron chi connectivity index (χ4n) is 4.01. The molecule has 0 atom stereocenters. The third-order valence-electron chi connectivity index (χ3n) is 5.54. The van der Waals surface area contributed by atoms with Gasteiger partial charge in [0.05, 0.1) is 13.2 Å². The van der Waals surface area contributed by atoms with Gasteiger partial charge in [-0.15, -0.1) is 12.4 Å². The monoisotopic (exact) mass is 476 g/mol. The van der Waals surface area contributed by atoms with Crippen LogP contribution in [0.3, 0.4) is 0 Å². The molecule has 1 amide bonds.